The molecule has 0 aliphatic heterocycles. The number of nitrogens with one attached hydrogen (secondary N) is 1. The van der Waals surface area contributed by atoms with Gasteiger partial charge in [0.05, 0.1) is 36.1 Å². The minimum absolute atomic E-state index is 0.0160. The van der Waals surface area contributed by atoms with Crippen LogP contribution in [0.2, 0.25) is 5.02 Å². The SMILES string of the molecule is COc1cc(NCC(O)CO)c(Cl)c(C(F)(F)F)c1. The Bertz CT molecular complexity index is 440. The van der Waals surface area contributed by atoms with Gasteiger partial charge >= 0.3 is 6.18 Å². The van der Waals surface area contributed by atoms with Gasteiger partial charge in [0.25, 0.3) is 0 Å². The summed E-state index contributed by atoms with van der Waals surface area (Å²) in [6, 6.07) is 2.07. The van der Waals surface area contributed by atoms with Gasteiger partial charge in [0, 0.05) is 12.6 Å². The van der Waals surface area contributed by atoms with Crippen molar-refractivity contribution in [1.82, 2.24) is 0 Å². The third kappa shape index (κ3) is 4.15. The standard InChI is InChI=1S/C11H13ClF3NO3/c1-19-7-2-8(11(13,14)15)10(12)9(3-7)16-4-6(18)5-17/h2-3,6,16-18H,4-5H2,1H3. The van der Waals surface area contributed by atoms with Gasteiger partial charge in [-0.1, -0.05) is 11.6 Å². The fourth-order valence-corrected chi connectivity index (χ4v) is 1.63. The molecule has 0 fully saturated rings. The second-order valence-corrected chi connectivity index (χ2v) is 4.13. The van der Waals surface area contributed by atoms with Gasteiger partial charge in [0.1, 0.15) is 5.75 Å². The van der Waals surface area contributed by atoms with Gasteiger partial charge in [-0.05, 0) is 6.07 Å². The molecule has 0 heterocycles. The van der Waals surface area contributed by atoms with Crippen molar-refractivity contribution in [2.24, 2.45) is 0 Å². The smallest absolute Gasteiger partial charge is 0.418 e. The fraction of sp³-hybridized carbons (Fsp3) is 0.455. The largest absolute Gasteiger partial charge is 0.497 e. The summed E-state index contributed by atoms with van der Waals surface area (Å²) >= 11 is 5.67. The van der Waals surface area contributed by atoms with Crippen LogP contribution in [-0.2, 0) is 6.18 Å². The lowest BCUT2D eigenvalue weighted by molar-refractivity contribution is -0.137. The van der Waals surface area contributed by atoms with Crippen molar-refractivity contribution in [2.45, 2.75) is 12.3 Å². The summed E-state index contributed by atoms with van der Waals surface area (Å²) in [5, 5.41) is 19.8. The maximum atomic E-state index is 12.8. The Hall–Kier alpha value is -1.18. The first kappa shape index (κ1) is 15.9. The number of aliphatic hydroxyl groups excluding tert-OH is 2. The third-order valence-electron chi connectivity index (χ3n) is 2.33. The molecular weight excluding hydrogens is 287 g/mol. The van der Waals surface area contributed by atoms with Gasteiger partial charge in [-0.3, -0.25) is 0 Å². The van der Waals surface area contributed by atoms with Crippen molar-refractivity contribution in [3.8, 4) is 5.75 Å². The van der Waals surface area contributed by atoms with E-state index in [1.54, 1.807) is 0 Å². The highest BCUT2D eigenvalue weighted by atomic mass is 35.5. The Morgan fingerprint density at radius 2 is 2.05 bits per heavy atom. The average Bonchev–Trinajstić information content (AvgIpc) is 2.35. The summed E-state index contributed by atoms with van der Waals surface area (Å²) in [5.41, 5.74) is -1.06. The number of aliphatic hydroxyl groups is 2. The maximum absolute atomic E-state index is 12.8. The molecule has 3 N–H and O–H groups in total. The van der Waals surface area contributed by atoms with E-state index in [0.717, 1.165) is 6.07 Å². The first-order valence-corrected chi connectivity index (χ1v) is 5.65. The molecule has 0 aromatic heterocycles. The Kier molecular flexibility index (Phi) is 5.28. The highest BCUT2D eigenvalue weighted by Gasteiger charge is 2.35. The van der Waals surface area contributed by atoms with Crippen LogP contribution in [0, 0.1) is 0 Å². The normalized spacial score (nSPS) is 13.2. The van der Waals surface area contributed by atoms with Gasteiger partial charge in [-0.25, -0.2) is 0 Å². The van der Waals surface area contributed by atoms with Crippen molar-refractivity contribution in [3.63, 3.8) is 0 Å². The Labute approximate surface area is 112 Å². The molecule has 4 nitrogen and oxygen atoms in total. The predicted octanol–water partition coefficient (Wildman–Crippen LogP) is 2.13. The number of alkyl halides is 3. The van der Waals surface area contributed by atoms with Crippen molar-refractivity contribution in [2.75, 3.05) is 25.6 Å². The minimum atomic E-state index is -4.61. The van der Waals surface area contributed by atoms with Crippen LogP contribution < -0.4 is 10.1 Å². The fourth-order valence-electron chi connectivity index (χ4n) is 1.34. The van der Waals surface area contributed by atoms with Crippen LogP contribution in [0.1, 0.15) is 5.56 Å². The van der Waals surface area contributed by atoms with Crippen molar-refractivity contribution in [3.05, 3.63) is 22.7 Å². The van der Waals surface area contributed by atoms with Gasteiger partial charge < -0.3 is 20.3 Å². The van der Waals surface area contributed by atoms with Gasteiger partial charge in [0.2, 0.25) is 0 Å². The molecule has 0 amide bonds. The Morgan fingerprint density at radius 3 is 2.53 bits per heavy atom. The van der Waals surface area contributed by atoms with Crippen molar-refractivity contribution < 1.29 is 28.1 Å². The predicted molar refractivity (Wildman–Crippen MR) is 64.6 cm³/mol. The lowest BCUT2D eigenvalue weighted by Gasteiger charge is -2.17. The van der Waals surface area contributed by atoms with Crippen molar-refractivity contribution >= 4 is 17.3 Å². The van der Waals surface area contributed by atoms with E-state index in [0.29, 0.717) is 0 Å². The van der Waals surface area contributed by atoms with E-state index in [4.69, 9.17) is 26.6 Å². The monoisotopic (exact) mass is 299 g/mol. The number of anilines is 1. The zero-order chi connectivity index (χ0) is 14.6. The van der Waals surface area contributed by atoms with Crippen LogP contribution in [0.4, 0.5) is 18.9 Å². The van der Waals surface area contributed by atoms with Crippen LogP contribution >= 0.6 is 11.6 Å². The first-order chi connectivity index (χ1) is 8.79. The molecule has 1 aromatic carbocycles. The molecule has 1 atom stereocenters. The van der Waals surface area contributed by atoms with E-state index in [-0.39, 0.29) is 18.0 Å². The van der Waals surface area contributed by atoms with Crippen LogP contribution in [0.25, 0.3) is 0 Å². The quantitative estimate of drug-likeness (QED) is 0.779. The highest BCUT2D eigenvalue weighted by Crippen LogP contribution is 2.41. The number of hydrogen-bond acceptors (Lipinski definition) is 4. The molecule has 0 saturated heterocycles. The molecule has 0 aliphatic carbocycles. The zero-order valence-corrected chi connectivity index (χ0v) is 10.7. The zero-order valence-electron chi connectivity index (χ0n) is 9.96. The summed E-state index contributed by atoms with van der Waals surface area (Å²) in [5.74, 6) is -0.0160. The van der Waals surface area contributed by atoms with E-state index >= 15 is 0 Å². The highest BCUT2D eigenvalue weighted by molar-refractivity contribution is 6.34. The molecule has 0 bridgehead atoms. The van der Waals surface area contributed by atoms with Gasteiger partial charge in [0.15, 0.2) is 0 Å². The molecule has 1 rings (SSSR count). The second kappa shape index (κ2) is 6.31. The lowest BCUT2D eigenvalue weighted by atomic mass is 10.1. The summed E-state index contributed by atoms with van der Waals surface area (Å²) in [7, 11) is 1.23. The summed E-state index contributed by atoms with van der Waals surface area (Å²) in [6.45, 7) is -0.651. The molecule has 0 saturated carbocycles. The van der Waals surface area contributed by atoms with Crippen LogP contribution in [0.5, 0.6) is 5.75 Å². The van der Waals surface area contributed by atoms with Crippen LogP contribution in [0.3, 0.4) is 0 Å². The number of benzene rings is 1. The average molecular weight is 300 g/mol. The van der Waals surface area contributed by atoms with E-state index in [1.807, 2.05) is 0 Å². The maximum Gasteiger partial charge on any atom is 0.418 e. The van der Waals surface area contributed by atoms with Crippen LogP contribution in [-0.4, -0.2) is 36.6 Å². The molecule has 1 unspecified atom stereocenters. The number of hydrogen-bond donors (Lipinski definition) is 3. The molecule has 19 heavy (non-hydrogen) atoms. The Balaban J connectivity index is 3.09. The van der Waals surface area contributed by atoms with Gasteiger partial charge in [-0.2, -0.15) is 13.2 Å². The summed E-state index contributed by atoms with van der Waals surface area (Å²) < 4.78 is 43.0. The number of halogens is 4. The number of methoxy groups -OCH3 is 1. The van der Waals surface area contributed by atoms with E-state index in [9.17, 15) is 13.2 Å². The Morgan fingerprint density at radius 1 is 1.42 bits per heavy atom. The molecule has 0 spiro atoms. The molecule has 0 aliphatic rings. The third-order valence-corrected chi connectivity index (χ3v) is 2.73. The van der Waals surface area contributed by atoms with E-state index in [1.165, 1.54) is 13.2 Å². The van der Waals surface area contributed by atoms with Crippen LogP contribution in [0.15, 0.2) is 12.1 Å². The van der Waals surface area contributed by atoms with Gasteiger partial charge in [-0.15, -0.1) is 0 Å². The van der Waals surface area contributed by atoms with E-state index in [2.05, 4.69) is 5.32 Å². The number of rotatable bonds is 5. The minimum Gasteiger partial charge on any atom is -0.497 e. The summed E-state index contributed by atoms with van der Waals surface area (Å²) in [4.78, 5) is 0. The van der Waals surface area contributed by atoms with E-state index < -0.39 is 29.5 Å². The molecule has 1 aromatic rings. The first-order valence-electron chi connectivity index (χ1n) is 5.27. The topological polar surface area (TPSA) is 61.7 Å². The molecule has 8 heteroatoms. The number of ether oxygens (including phenoxy) is 1. The second-order valence-electron chi connectivity index (χ2n) is 3.75. The lowest BCUT2D eigenvalue weighted by Crippen LogP contribution is -2.23. The van der Waals surface area contributed by atoms with Crippen molar-refractivity contribution in [1.29, 1.82) is 0 Å². The summed E-state index contributed by atoms with van der Waals surface area (Å²) in [6.07, 6.45) is -5.71. The molecule has 108 valence electrons. The molecular formula is C11H13ClF3NO3. The molecule has 0 radical (unpaired) electrons.